The number of carbonyl (C=O) groups is 2. The summed E-state index contributed by atoms with van der Waals surface area (Å²) in [4.78, 5) is 21.7. The molecule has 12 heavy (non-hydrogen) atoms. The molecular weight excluding hydrogens is 162 g/mol. The van der Waals surface area contributed by atoms with Gasteiger partial charge in [-0.2, -0.15) is 0 Å². The molecule has 2 atom stereocenters. The average Bonchev–Trinajstić information content (AvgIpc) is 2.33. The highest BCUT2D eigenvalue weighted by Crippen LogP contribution is 2.08. The van der Waals surface area contributed by atoms with Gasteiger partial charge in [0.25, 0.3) is 0 Å². The molecule has 0 unspecified atom stereocenters. The maximum atomic E-state index is 11.0. The number of carbonyl (C=O) groups excluding carboxylic acids is 2. The lowest BCUT2D eigenvalue weighted by molar-refractivity contribution is -0.145. The Bertz CT molecular complexity index is 204. The minimum atomic E-state index is -1.07. The predicted molar refractivity (Wildman–Crippen MR) is 39.2 cm³/mol. The van der Waals surface area contributed by atoms with Crippen LogP contribution in [0.15, 0.2) is 0 Å². The van der Waals surface area contributed by atoms with Gasteiger partial charge in [-0.3, -0.25) is 4.79 Å². The molecular formula is C7H11NO4. The van der Waals surface area contributed by atoms with Crippen molar-refractivity contribution in [3.05, 3.63) is 0 Å². The van der Waals surface area contributed by atoms with Gasteiger partial charge >= 0.3 is 5.97 Å². The fourth-order valence-electron chi connectivity index (χ4n) is 1.06. The van der Waals surface area contributed by atoms with Crippen molar-refractivity contribution in [1.29, 1.82) is 0 Å². The van der Waals surface area contributed by atoms with Crippen molar-refractivity contribution in [2.24, 2.45) is 0 Å². The van der Waals surface area contributed by atoms with E-state index in [1.165, 1.54) is 0 Å². The van der Waals surface area contributed by atoms with Crippen LogP contribution in [0.3, 0.4) is 0 Å². The second-order valence-corrected chi connectivity index (χ2v) is 2.56. The fraction of sp³-hybridized carbons (Fsp3) is 0.714. The number of esters is 1. The summed E-state index contributed by atoms with van der Waals surface area (Å²) in [6.07, 6.45) is -0.961. The first-order valence-corrected chi connectivity index (χ1v) is 3.80. The lowest BCUT2D eigenvalue weighted by atomic mass is 10.2. The molecule has 0 saturated carbocycles. The van der Waals surface area contributed by atoms with Gasteiger partial charge in [-0.25, -0.2) is 4.79 Å². The van der Waals surface area contributed by atoms with E-state index in [9.17, 15) is 9.59 Å². The van der Waals surface area contributed by atoms with Crippen LogP contribution < -0.4 is 5.32 Å². The standard InChI is InChI=1S/C7H11NO4/c1-2-12-7(11)4-3-5(9)6(10)8-4/h4-5,9H,2-3H2,1H3,(H,8,10)/t4-,5+/m0/s1. The molecule has 2 N–H and O–H groups in total. The third-order valence-electron chi connectivity index (χ3n) is 1.65. The second-order valence-electron chi connectivity index (χ2n) is 2.56. The zero-order chi connectivity index (χ0) is 9.14. The summed E-state index contributed by atoms with van der Waals surface area (Å²) >= 11 is 0. The van der Waals surface area contributed by atoms with Crippen molar-refractivity contribution in [3.8, 4) is 0 Å². The van der Waals surface area contributed by atoms with E-state index in [4.69, 9.17) is 5.11 Å². The molecule has 1 saturated heterocycles. The molecule has 5 heteroatoms. The van der Waals surface area contributed by atoms with Gasteiger partial charge in [0.05, 0.1) is 6.61 Å². The van der Waals surface area contributed by atoms with Gasteiger partial charge in [0, 0.05) is 6.42 Å². The Morgan fingerprint density at radius 3 is 2.92 bits per heavy atom. The molecule has 5 nitrogen and oxygen atoms in total. The molecule has 1 rings (SSSR count). The Balaban J connectivity index is 2.46. The summed E-state index contributed by atoms with van der Waals surface area (Å²) in [5, 5.41) is 11.3. The SMILES string of the molecule is CCOC(=O)[C@@H]1C[C@@H](O)C(=O)N1. The smallest absolute Gasteiger partial charge is 0.328 e. The molecule has 0 aromatic rings. The zero-order valence-electron chi connectivity index (χ0n) is 6.74. The van der Waals surface area contributed by atoms with Crippen LogP contribution in [0.25, 0.3) is 0 Å². The lowest BCUT2D eigenvalue weighted by Gasteiger charge is -2.07. The topological polar surface area (TPSA) is 75.6 Å². The molecule has 0 aromatic carbocycles. The summed E-state index contributed by atoms with van der Waals surface area (Å²) in [6.45, 7) is 1.96. The highest BCUT2D eigenvalue weighted by atomic mass is 16.5. The summed E-state index contributed by atoms with van der Waals surface area (Å²) < 4.78 is 4.66. The van der Waals surface area contributed by atoms with Crippen molar-refractivity contribution >= 4 is 11.9 Å². The highest BCUT2D eigenvalue weighted by Gasteiger charge is 2.35. The van der Waals surface area contributed by atoms with Crippen LogP contribution >= 0.6 is 0 Å². The molecule has 0 bridgehead atoms. The number of ether oxygens (including phenoxy) is 1. The fourth-order valence-corrected chi connectivity index (χ4v) is 1.06. The van der Waals surface area contributed by atoms with E-state index >= 15 is 0 Å². The number of hydrogen-bond donors (Lipinski definition) is 2. The van der Waals surface area contributed by atoms with E-state index in [0.717, 1.165) is 0 Å². The summed E-state index contributed by atoms with van der Waals surface area (Å²) in [5.41, 5.74) is 0. The molecule has 0 aromatic heterocycles. The van der Waals surface area contributed by atoms with E-state index < -0.39 is 24.0 Å². The van der Waals surface area contributed by atoms with E-state index in [-0.39, 0.29) is 13.0 Å². The van der Waals surface area contributed by atoms with Crippen LogP contribution in [0.2, 0.25) is 0 Å². The number of amides is 1. The van der Waals surface area contributed by atoms with Gasteiger partial charge in [-0.05, 0) is 6.92 Å². The monoisotopic (exact) mass is 173 g/mol. The van der Waals surface area contributed by atoms with Gasteiger partial charge in [0.1, 0.15) is 12.1 Å². The first-order valence-electron chi connectivity index (χ1n) is 3.80. The number of nitrogens with one attached hydrogen (secondary N) is 1. The maximum Gasteiger partial charge on any atom is 0.328 e. The average molecular weight is 173 g/mol. The molecule has 0 radical (unpaired) electrons. The number of aliphatic hydroxyl groups excluding tert-OH is 1. The van der Waals surface area contributed by atoms with E-state index in [2.05, 4.69) is 10.1 Å². The normalized spacial score (nSPS) is 28.3. The van der Waals surface area contributed by atoms with Crippen LogP contribution in [-0.4, -0.2) is 35.7 Å². The van der Waals surface area contributed by atoms with Crippen LogP contribution in [0.4, 0.5) is 0 Å². The Hall–Kier alpha value is -1.10. The van der Waals surface area contributed by atoms with E-state index in [1.807, 2.05) is 0 Å². The molecule has 68 valence electrons. The van der Waals surface area contributed by atoms with Crippen LogP contribution in [0.5, 0.6) is 0 Å². The first-order chi connectivity index (χ1) is 5.65. The molecule has 1 aliphatic heterocycles. The van der Waals surface area contributed by atoms with Crippen molar-refractivity contribution < 1.29 is 19.4 Å². The molecule has 0 spiro atoms. The van der Waals surface area contributed by atoms with Crippen LogP contribution in [0.1, 0.15) is 13.3 Å². The Kier molecular flexibility index (Phi) is 2.65. The number of rotatable bonds is 2. The number of hydrogen-bond acceptors (Lipinski definition) is 4. The van der Waals surface area contributed by atoms with Gasteiger partial charge in [-0.1, -0.05) is 0 Å². The summed E-state index contributed by atoms with van der Waals surface area (Å²) in [6, 6.07) is -0.674. The quantitative estimate of drug-likeness (QED) is 0.514. The second kappa shape index (κ2) is 3.53. The van der Waals surface area contributed by atoms with E-state index in [1.54, 1.807) is 6.92 Å². The van der Waals surface area contributed by atoms with Gasteiger partial charge in [0.15, 0.2) is 0 Å². The first kappa shape index (κ1) is 8.99. The molecule has 1 amide bonds. The maximum absolute atomic E-state index is 11.0. The van der Waals surface area contributed by atoms with E-state index in [0.29, 0.717) is 0 Å². The molecule has 1 fully saturated rings. The predicted octanol–water partition coefficient (Wildman–Crippen LogP) is -1.20. The minimum absolute atomic E-state index is 0.109. The molecule has 1 aliphatic rings. The minimum Gasteiger partial charge on any atom is -0.464 e. The molecule has 0 aliphatic carbocycles. The Morgan fingerprint density at radius 1 is 1.83 bits per heavy atom. The third-order valence-corrected chi connectivity index (χ3v) is 1.65. The van der Waals surface area contributed by atoms with Crippen molar-refractivity contribution in [2.75, 3.05) is 6.61 Å². The van der Waals surface area contributed by atoms with Gasteiger partial charge in [0.2, 0.25) is 5.91 Å². The van der Waals surface area contributed by atoms with Crippen LogP contribution in [0, 0.1) is 0 Å². The largest absolute Gasteiger partial charge is 0.464 e. The summed E-state index contributed by atoms with van der Waals surface area (Å²) in [5.74, 6) is -0.990. The van der Waals surface area contributed by atoms with Crippen LogP contribution in [-0.2, 0) is 14.3 Å². The van der Waals surface area contributed by atoms with Crippen molar-refractivity contribution in [2.45, 2.75) is 25.5 Å². The lowest BCUT2D eigenvalue weighted by Crippen LogP contribution is -2.34. The third kappa shape index (κ3) is 1.73. The number of aliphatic hydroxyl groups is 1. The van der Waals surface area contributed by atoms with Gasteiger partial charge < -0.3 is 15.2 Å². The Labute approximate surface area is 69.7 Å². The van der Waals surface area contributed by atoms with Crippen molar-refractivity contribution in [1.82, 2.24) is 5.32 Å². The highest BCUT2D eigenvalue weighted by molar-refractivity contribution is 5.90. The molecule has 1 heterocycles. The van der Waals surface area contributed by atoms with Crippen molar-refractivity contribution in [3.63, 3.8) is 0 Å². The van der Waals surface area contributed by atoms with Gasteiger partial charge in [-0.15, -0.1) is 0 Å². The summed E-state index contributed by atoms with van der Waals surface area (Å²) in [7, 11) is 0. The zero-order valence-corrected chi connectivity index (χ0v) is 6.74. The Morgan fingerprint density at radius 2 is 2.50 bits per heavy atom.